The first kappa shape index (κ1) is 20.1. The molecule has 130 valence electrons. The second-order valence-corrected chi connectivity index (χ2v) is 5.28. The van der Waals surface area contributed by atoms with Crippen molar-refractivity contribution in [3.05, 3.63) is 35.4 Å². The van der Waals surface area contributed by atoms with E-state index < -0.39 is 11.6 Å². The molecule has 0 saturated heterocycles. The lowest BCUT2D eigenvalue weighted by Gasteiger charge is -2.12. The Morgan fingerprint density at radius 1 is 1.35 bits per heavy atom. The van der Waals surface area contributed by atoms with E-state index in [4.69, 9.17) is 4.74 Å². The van der Waals surface area contributed by atoms with E-state index in [-0.39, 0.29) is 41.5 Å². The summed E-state index contributed by atoms with van der Waals surface area (Å²) in [7, 11) is 1.68. The summed E-state index contributed by atoms with van der Waals surface area (Å²) in [6.45, 7) is 4.12. The molecule has 0 amide bonds. The monoisotopic (exact) mass is 439 g/mol. The number of guanidine groups is 1. The fraction of sp³-hybridized carbons (Fsp3) is 0.562. The van der Waals surface area contributed by atoms with Crippen molar-refractivity contribution in [1.82, 2.24) is 10.6 Å². The molecule has 23 heavy (non-hydrogen) atoms. The summed E-state index contributed by atoms with van der Waals surface area (Å²) in [5.41, 5.74) is 0.173. The van der Waals surface area contributed by atoms with Gasteiger partial charge in [0.15, 0.2) is 5.96 Å². The maximum atomic E-state index is 13.7. The molecule has 1 aromatic rings. The van der Waals surface area contributed by atoms with E-state index in [0.29, 0.717) is 25.6 Å². The Hall–Kier alpha value is -0.960. The molecular weight excluding hydrogens is 415 g/mol. The summed E-state index contributed by atoms with van der Waals surface area (Å²) >= 11 is 0. The van der Waals surface area contributed by atoms with Gasteiger partial charge in [0.1, 0.15) is 11.6 Å². The van der Waals surface area contributed by atoms with E-state index in [1.54, 1.807) is 7.05 Å². The molecule has 7 heteroatoms. The predicted octanol–water partition coefficient (Wildman–Crippen LogP) is 3.03. The molecule has 1 aliphatic rings. The average Bonchev–Trinajstić information content (AvgIpc) is 3.24. The zero-order valence-corrected chi connectivity index (χ0v) is 15.8. The highest BCUT2D eigenvalue weighted by atomic mass is 127. The highest BCUT2D eigenvalue weighted by Crippen LogP contribution is 2.42. The first-order valence-corrected chi connectivity index (χ1v) is 7.66. The fourth-order valence-corrected chi connectivity index (χ4v) is 2.43. The third-order valence-corrected chi connectivity index (χ3v) is 3.67. The minimum absolute atomic E-state index is 0. The van der Waals surface area contributed by atoms with Crippen molar-refractivity contribution < 1.29 is 13.5 Å². The van der Waals surface area contributed by atoms with Crippen LogP contribution >= 0.6 is 24.0 Å². The van der Waals surface area contributed by atoms with E-state index in [9.17, 15) is 8.78 Å². The Morgan fingerprint density at radius 3 is 2.65 bits per heavy atom. The zero-order valence-electron chi connectivity index (χ0n) is 13.4. The van der Waals surface area contributed by atoms with Crippen LogP contribution in [0.25, 0.3) is 0 Å². The van der Waals surface area contributed by atoms with Crippen LogP contribution in [0.5, 0.6) is 0 Å². The summed E-state index contributed by atoms with van der Waals surface area (Å²) in [5, 5.41) is 6.37. The number of hydrogen-bond donors (Lipinski definition) is 2. The van der Waals surface area contributed by atoms with Gasteiger partial charge in [-0.3, -0.25) is 4.99 Å². The maximum absolute atomic E-state index is 13.7. The van der Waals surface area contributed by atoms with Gasteiger partial charge < -0.3 is 15.4 Å². The van der Waals surface area contributed by atoms with Crippen molar-refractivity contribution >= 4 is 29.9 Å². The lowest BCUT2D eigenvalue weighted by Crippen LogP contribution is -2.39. The molecule has 2 N–H and O–H groups in total. The molecule has 2 unspecified atom stereocenters. The molecule has 1 fully saturated rings. The number of ether oxygens (including phenoxy) is 1. The van der Waals surface area contributed by atoms with Crippen LogP contribution in [0.1, 0.15) is 31.2 Å². The van der Waals surface area contributed by atoms with Crippen LogP contribution in [0, 0.1) is 11.6 Å². The van der Waals surface area contributed by atoms with Gasteiger partial charge in [0.2, 0.25) is 0 Å². The smallest absolute Gasteiger partial charge is 0.191 e. The maximum Gasteiger partial charge on any atom is 0.191 e. The molecule has 2 rings (SSSR count). The second kappa shape index (κ2) is 10.0. The van der Waals surface area contributed by atoms with E-state index in [2.05, 4.69) is 15.6 Å². The third-order valence-electron chi connectivity index (χ3n) is 3.67. The van der Waals surface area contributed by atoms with Crippen LogP contribution in [0.15, 0.2) is 23.2 Å². The number of halogens is 3. The van der Waals surface area contributed by atoms with Crippen molar-refractivity contribution in [2.45, 2.75) is 31.7 Å². The van der Waals surface area contributed by atoms with Crippen molar-refractivity contribution in [2.75, 3.05) is 26.8 Å². The number of rotatable bonds is 7. The standard InChI is InChI=1S/C16H23F2N3O.HI/c1-3-22-9-5-8-20-16(19-2)21-14-10-11(14)15-12(17)6-4-7-13(15)18;/h4,6-7,11,14H,3,5,8-10H2,1-2H3,(H2,19,20,21);1H. The van der Waals surface area contributed by atoms with Crippen LogP contribution in [-0.4, -0.2) is 38.8 Å². The fourth-order valence-electron chi connectivity index (χ4n) is 2.43. The van der Waals surface area contributed by atoms with E-state index in [1.165, 1.54) is 18.2 Å². The third kappa shape index (κ3) is 5.87. The van der Waals surface area contributed by atoms with Gasteiger partial charge in [0, 0.05) is 44.3 Å². The van der Waals surface area contributed by atoms with Gasteiger partial charge in [-0.15, -0.1) is 24.0 Å². The Bertz CT molecular complexity index is 508. The van der Waals surface area contributed by atoms with Crippen molar-refractivity contribution in [2.24, 2.45) is 4.99 Å². The summed E-state index contributed by atoms with van der Waals surface area (Å²) in [6, 6.07) is 4.01. The van der Waals surface area contributed by atoms with Crippen molar-refractivity contribution in [3.63, 3.8) is 0 Å². The lowest BCUT2D eigenvalue weighted by atomic mass is 10.1. The average molecular weight is 439 g/mol. The topological polar surface area (TPSA) is 45.6 Å². The van der Waals surface area contributed by atoms with Gasteiger partial charge in [0.25, 0.3) is 0 Å². The molecule has 1 aliphatic carbocycles. The number of benzene rings is 1. The quantitative estimate of drug-likeness (QED) is 0.297. The van der Waals surface area contributed by atoms with Gasteiger partial charge in [0.05, 0.1) is 0 Å². The molecule has 1 aromatic carbocycles. The normalized spacial score (nSPS) is 19.9. The van der Waals surface area contributed by atoms with E-state index >= 15 is 0 Å². The highest BCUT2D eigenvalue weighted by molar-refractivity contribution is 14.0. The van der Waals surface area contributed by atoms with Crippen LogP contribution in [0.3, 0.4) is 0 Å². The second-order valence-electron chi connectivity index (χ2n) is 5.28. The molecule has 0 radical (unpaired) electrons. The number of hydrogen-bond acceptors (Lipinski definition) is 2. The van der Waals surface area contributed by atoms with Gasteiger partial charge in [-0.05, 0) is 31.9 Å². The Balaban J connectivity index is 0.00000264. The van der Waals surface area contributed by atoms with Gasteiger partial charge >= 0.3 is 0 Å². The molecule has 0 spiro atoms. The van der Waals surface area contributed by atoms with Crippen LogP contribution in [0.2, 0.25) is 0 Å². The highest BCUT2D eigenvalue weighted by Gasteiger charge is 2.42. The molecule has 0 bridgehead atoms. The SMILES string of the molecule is CCOCCCNC(=NC)NC1CC1c1c(F)cccc1F.I. The lowest BCUT2D eigenvalue weighted by molar-refractivity contribution is 0.145. The molecule has 0 heterocycles. The molecular formula is C16H24F2IN3O. The molecule has 0 aliphatic heterocycles. The van der Waals surface area contributed by atoms with Crippen molar-refractivity contribution in [1.29, 1.82) is 0 Å². The van der Waals surface area contributed by atoms with Gasteiger partial charge in [-0.1, -0.05) is 6.07 Å². The summed E-state index contributed by atoms with van der Waals surface area (Å²) in [6.07, 6.45) is 1.59. The molecule has 0 aromatic heterocycles. The Kier molecular flexibility index (Phi) is 8.75. The van der Waals surface area contributed by atoms with Crippen LogP contribution < -0.4 is 10.6 Å². The van der Waals surface area contributed by atoms with Crippen molar-refractivity contribution in [3.8, 4) is 0 Å². The first-order chi connectivity index (χ1) is 10.7. The number of aliphatic imine (C=N–C) groups is 1. The minimum atomic E-state index is -0.478. The molecule has 2 atom stereocenters. The largest absolute Gasteiger partial charge is 0.382 e. The van der Waals surface area contributed by atoms with E-state index in [1.807, 2.05) is 6.92 Å². The summed E-state index contributed by atoms with van der Waals surface area (Å²) in [5.74, 6) is -0.438. The Labute approximate surface area is 153 Å². The van der Waals surface area contributed by atoms with Crippen LogP contribution in [0.4, 0.5) is 8.78 Å². The Morgan fingerprint density at radius 2 is 2.04 bits per heavy atom. The van der Waals surface area contributed by atoms with Gasteiger partial charge in [-0.2, -0.15) is 0 Å². The van der Waals surface area contributed by atoms with Crippen LogP contribution in [-0.2, 0) is 4.74 Å². The van der Waals surface area contributed by atoms with Gasteiger partial charge in [-0.25, -0.2) is 8.78 Å². The summed E-state index contributed by atoms with van der Waals surface area (Å²) < 4.78 is 32.7. The van der Waals surface area contributed by atoms with E-state index in [0.717, 1.165) is 13.0 Å². The first-order valence-electron chi connectivity index (χ1n) is 7.66. The summed E-state index contributed by atoms with van der Waals surface area (Å²) in [4.78, 5) is 4.13. The number of nitrogens with zero attached hydrogens (tertiary/aromatic N) is 1. The zero-order chi connectivity index (χ0) is 15.9. The minimum Gasteiger partial charge on any atom is -0.382 e. The predicted molar refractivity (Wildman–Crippen MR) is 98.5 cm³/mol. The molecule has 4 nitrogen and oxygen atoms in total. The number of nitrogens with one attached hydrogen (secondary N) is 2. The molecule has 1 saturated carbocycles.